The fourth-order valence-electron chi connectivity index (χ4n) is 1.77. The third-order valence-corrected chi connectivity index (χ3v) is 4.76. The van der Waals surface area contributed by atoms with Gasteiger partial charge in [0, 0.05) is 18.4 Å². The summed E-state index contributed by atoms with van der Waals surface area (Å²) < 4.78 is 27.2. The van der Waals surface area contributed by atoms with Crippen molar-refractivity contribution in [3.8, 4) is 6.07 Å². The fraction of sp³-hybridized carbons (Fsp3) is 0.143. The predicted octanol–water partition coefficient (Wildman–Crippen LogP) is 2.65. The molecule has 1 N–H and O–H groups in total. The van der Waals surface area contributed by atoms with E-state index in [1.807, 2.05) is 6.07 Å². The first-order valence-corrected chi connectivity index (χ1v) is 7.92. The fourth-order valence-corrected chi connectivity index (χ4v) is 3.32. The van der Waals surface area contributed by atoms with Crippen LogP contribution in [0, 0.1) is 11.3 Å². The van der Waals surface area contributed by atoms with Gasteiger partial charge in [0.1, 0.15) is 6.07 Å². The van der Waals surface area contributed by atoms with Gasteiger partial charge in [0.25, 0.3) is 0 Å². The van der Waals surface area contributed by atoms with Crippen LogP contribution in [0.5, 0.6) is 0 Å². The Morgan fingerprint density at radius 1 is 1.29 bits per heavy atom. The predicted molar refractivity (Wildman–Crippen MR) is 79.1 cm³/mol. The molecule has 0 aliphatic carbocycles. The Labute approximate surface area is 128 Å². The summed E-state index contributed by atoms with van der Waals surface area (Å²) in [6.45, 7) is 1.73. The van der Waals surface area contributed by atoms with Crippen molar-refractivity contribution in [3.63, 3.8) is 0 Å². The molecule has 108 valence electrons. The van der Waals surface area contributed by atoms with Crippen molar-refractivity contribution in [1.29, 1.82) is 5.26 Å². The van der Waals surface area contributed by atoms with E-state index in [1.165, 1.54) is 18.2 Å². The van der Waals surface area contributed by atoms with E-state index in [1.54, 1.807) is 31.5 Å². The Balaban J connectivity index is 2.27. The Morgan fingerprint density at radius 3 is 2.52 bits per heavy atom. The first-order valence-electron chi connectivity index (χ1n) is 6.06. The molecule has 2 rings (SSSR count). The highest BCUT2D eigenvalue weighted by molar-refractivity contribution is 7.89. The van der Waals surface area contributed by atoms with Crippen LogP contribution in [0.15, 0.2) is 47.6 Å². The van der Waals surface area contributed by atoms with Crippen LogP contribution < -0.4 is 4.72 Å². The molecule has 0 fully saturated rings. The number of aromatic nitrogens is 1. The van der Waals surface area contributed by atoms with Gasteiger partial charge in [0.15, 0.2) is 0 Å². The smallest absolute Gasteiger partial charge is 0.241 e. The standard InChI is InChI=1S/C14H12ClN3O2S/c1-10(11-4-6-17-7-5-11)18-21(19,20)13-3-2-12(9-16)14(15)8-13/h2-8,10,18H,1H3/t10-/m1/s1. The Kier molecular flexibility index (Phi) is 4.58. The molecule has 5 nitrogen and oxygen atoms in total. The summed E-state index contributed by atoms with van der Waals surface area (Å²) in [7, 11) is -3.72. The topological polar surface area (TPSA) is 82.9 Å². The molecule has 0 saturated carbocycles. The van der Waals surface area contributed by atoms with E-state index < -0.39 is 16.1 Å². The number of sulfonamides is 1. The zero-order valence-electron chi connectivity index (χ0n) is 11.1. The molecular weight excluding hydrogens is 310 g/mol. The second kappa shape index (κ2) is 6.22. The molecule has 0 radical (unpaired) electrons. The van der Waals surface area contributed by atoms with E-state index in [-0.39, 0.29) is 15.5 Å². The van der Waals surface area contributed by atoms with Gasteiger partial charge in [-0.05, 0) is 42.8 Å². The van der Waals surface area contributed by atoms with Crippen LogP contribution in [0.3, 0.4) is 0 Å². The molecule has 0 aliphatic rings. The lowest BCUT2D eigenvalue weighted by Gasteiger charge is -2.14. The number of nitrogens with zero attached hydrogens (tertiary/aromatic N) is 2. The van der Waals surface area contributed by atoms with E-state index in [2.05, 4.69) is 9.71 Å². The first-order chi connectivity index (χ1) is 9.94. The van der Waals surface area contributed by atoms with Gasteiger partial charge in [0.05, 0.1) is 15.5 Å². The van der Waals surface area contributed by atoms with Crippen LogP contribution in [0.2, 0.25) is 5.02 Å². The molecule has 0 saturated heterocycles. The minimum absolute atomic E-state index is 0.0207. The van der Waals surface area contributed by atoms with E-state index in [0.29, 0.717) is 0 Å². The molecule has 1 aromatic heterocycles. The average Bonchev–Trinajstić information content (AvgIpc) is 2.47. The Bertz CT molecular complexity index is 786. The van der Waals surface area contributed by atoms with Crippen LogP contribution in [0.1, 0.15) is 24.1 Å². The van der Waals surface area contributed by atoms with Crippen molar-refractivity contribution in [1.82, 2.24) is 9.71 Å². The van der Waals surface area contributed by atoms with Gasteiger partial charge < -0.3 is 0 Å². The maximum Gasteiger partial charge on any atom is 0.241 e. The quantitative estimate of drug-likeness (QED) is 0.938. The zero-order valence-corrected chi connectivity index (χ0v) is 12.7. The monoisotopic (exact) mass is 321 g/mol. The third-order valence-electron chi connectivity index (χ3n) is 2.91. The SMILES string of the molecule is C[C@@H](NS(=O)(=O)c1ccc(C#N)c(Cl)c1)c1ccncc1. The highest BCUT2D eigenvalue weighted by Gasteiger charge is 2.19. The lowest BCUT2D eigenvalue weighted by Crippen LogP contribution is -2.26. The molecule has 21 heavy (non-hydrogen) atoms. The minimum Gasteiger partial charge on any atom is -0.265 e. The molecule has 0 amide bonds. The number of benzene rings is 1. The molecule has 0 spiro atoms. The van der Waals surface area contributed by atoms with Crippen LogP contribution in [0.25, 0.3) is 0 Å². The minimum atomic E-state index is -3.72. The number of hydrogen-bond acceptors (Lipinski definition) is 4. The van der Waals surface area contributed by atoms with Gasteiger partial charge in [-0.1, -0.05) is 11.6 Å². The number of nitrogens with one attached hydrogen (secondary N) is 1. The highest BCUT2D eigenvalue weighted by Crippen LogP contribution is 2.22. The van der Waals surface area contributed by atoms with Crippen molar-refractivity contribution in [2.45, 2.75) is 17.9 Å². The molecule has 2 aromatic rings. The molecule has 1 aromatic carbocycles. The summed E-state index contributed by atoms with van der Waals surface area (Å²) in [6.07, 6.45) is 3.19. The zero-order chi connectivity index (χ0) is 15.5. The lowest BCUT2D eigenvalue weighted by atomic mass is 10.1. The van der Waals surface area contributed by atoms with E-state index >= 15 is 0 Å². The van der Waals surface area contributed by atoms with Gasteiger partial charge in [-0.25, -0.2) is 13.1 Å². The van der Waals surface area contributed by atoms with E-state index in [9.17, 15) is 8.42 Å². The first kappa shape index (κ1) is 15.4. The summed E-state index contributed by atoms with van der Waals surface area (Å²) in [5, 5.41) is 8.91. The number of halogens is 1. The molecule has 0 unspecified atom stereocenters. The second-order valence-corrected chi connectivity index (χ2v) is 6.50. The summed E-state index contributed by atoms with van der Waals surface area (Å²) in [5.41, 5.74) is 1.03. The molecule has 1 atom stereocenters. The average molecular weight is 322 g/mol. The van der Waals surface area contributed by atoms with Gasteiger partial charge in [-0.2, -0.15) is 5.26 Å². The number of nitriles is 1. The number of hydrogen-bond donors (Lipinski definition) is 1. The van der Waals surface area contributed by atoms with Crippen LogP contribution in [-0.2, 0) is 10.0 Å². The van der Waals surface area contributed by atoms with Gasteiger partial charge in [0.2, 0.25) is 10.0 Å². The molecular formula is C14H12ClN3O2S. The summed E-state index contributed by atoms with van der Waals surface area (Å²) in [4.78, 5) is 3.91. The van der Waals surface area contributed by atoms with Crippen molar-refractivity contribution >= 4 is 21.6 Å². The maximum absolute atomic E-state index is 12.3. The van der Waals surface area contributed by atoms with E-state index in [0.717, 1.165) is 5.56 Å². The summed E-state index contributed by atoms with van der Waals surface area (Å²) in [6, 6.07) is 8.95. The summed E-state index contributed by atoms with van der Waals surface area (Å²) >= 11 is 5.87. The van der Waals surface area contributed by atoms with Crippen molar-refractivity contribution in [3.05, 3.63) is 58.9 Å². The van der Waals surface area contributed by atoms with Crippen molar-refractivity contribution < 1.29 is 8.42 Å². The second-order valence-electron chi connectivity index (χ2n) is 4.38. The molecule has 0 bridgehead atoms. The van der Waals surface area contributed by atoms with E-state index in [4.69, 9.17) is 16.9 Å². The van der Waals surface area contributed by atoms with Crippen LogP contribution >= 0.6 is 11.6 Å². The number of pyridine rings is 1. The largest absolute Gasteiger partial charge is 0.265 e. The lowest BCUT2D eigenvalue weighted by molar-refractivity contribution is 0.567. The molecule has 0 aliphatic heterocycles. The Hall–Kier alpha value is -1.94. The third kappa shape index (κ3) is 3.58. The van der Waals surface area contributed by atoms with Crippen molar-refractivity contribution in [2.24, 2.45) is 0 Å². The highest BCUT2D eigenvalue weighted by atomic mass is 35.5. The maximum atomic E-state index is 12.3. The van der Waals surface area contributed by atoms with Gasteiger partial charge in [-0.3, -0.25) is 4.98 Å². The van der Waals surface area contributed by atoms with Crippen LogP contribution in [0.4, 0.5) is 0 Å². The van der Waals surface area contributed by atoms with Gasteiger partial charge >= 0.3 is 0 Å². The molecule has 7 heteroatoms. The molecule has 1 heterocycles. The van der Waals surface area contributed by atoms with Crippen LogP contribution in [-0.4, -0.2) is 13.4 Å². The summed E-state index contributed by atoms with van der Waals surface area (Å²) in [5.74, 6) is 0. The Morgan fingerprint density at radius 2 is 1.95 bits per heavy atom. The van der Waals surface area contributed by atoms with Crippen molar-refractivity contribution in [2.75, 3.05) is 0 Å². The number of rotatable bonds is 4. The normalized spacial score (nSPS) is 12.6. The van der Waals surface area contributed by atoms with Gasteiger partial charge in [-0.15, -0.1) is 0 Å².